The van der Waals surface area contributed by atoms with E-state index in [1.54, 1.807) is 0 Å². The van der Waals surface area contributed by atoms with Gasteiger partial charge in [0.15, 0.2) is 0 Å². The van der Waals surface area contributed by atoms with Crippen LogP contribution in [0.25, 0.3) is 5.69 Å². The number of nitrogens with zero attached hydrogens (tertiary/aromatic N) is 3. The highest BCUT2D eigenvalue weighted by molar-refractivity contribution is 9.10. The van der Waals surface area contributed by atoms with Crippen molar-refractivity contribution in [1.29, 1.82) is 5.26 Å². The Morgan fingerprint density at radius 1 is 1.40 bits per heavy atom. The summed E-state index contributed by atoms with van der Waals surface area (Å²) in [7, 11) is 0. The Hall–Kier alpha value is -1.64. The molecule has 1 aliphatic heterocycles. The number of hydrogen-bond donors (Lipinski definition) is 1. The van der Waals surface area contributed by atoms with Gasteiger partial charge in [-0.15, -0.1) is 0 Å². The predicted octanol–water partition coefficient (Wildman–Crippen LogP) is 3.32. The second kappa shape index (κ2) is 5.78. The summed E-state index contributed by atoms with van der Waals surface area (Å²) in [5.41, 5.74) is 2.84. The Bertz CT molecular complexity index is 650. The molecule has 0 spiro atoms. The molecule has 1 aromatic carbocycles. The Labute approximate surface area is 126 Å². The minimum absolute atomic E-state index is 0.355. The maximum absolute atomic E-state index is 8.94. The van der Waals surface area contributed by atoms with Gasteiger partial charge in [0.25, 0.3) is 0 Å². The van der Waals surface area contributed by atoms with Gasteiger partial charge in [0, 0.05) is 10.5 Å². The van der Waals surface area contributed by atoms with Gasteiger partial charge in [0.05, 0.1) is 35.5 Å². The third-order valence-electron chi connectivity index (χ3n) is 3.67. The highest BCUT2D eigenvalue weighted by Gasteiger charge is 2.19. The minimum atomic E-state index is 0.355. The fraction of sp³-hybridized carbons (Fsp3) is 0.333. The summed E-state index contributed by atoms with van der Waals surface area (Å²) in [5, 5.41) is 12.5. The normalized spacial score (nSPS) is 18.7. The number of imidazole rings is 1. The van der Waals surface area contributed by atoms with Gasteiger partial charge >= 0.3 is 0 Å². The molecule has 102 valence electrons. The number of nitrogens with one attached hydrogen (secondary N) is 1. The van der Waals surface area contributed by atoms with Crippen LogP contribution in [0.3, 0.4) is 0 Å². The third kappa shape index (κ3) is 2.49. The molecule has 4 nitrogen and oxygen atoms in total. The Kier molecular flexibility index (Phi) is 3.86. The van der Waals surface area contributed by atoms with E-state index in [0.717, 1.165) is 23.1 Å². The van der Waals surface area contributed by atoms with Crippen LogP contribution in [0, 0.1) is 11.3 Å². The molecule has 0 saturated carbocycles. The largest absolute Gasteiger partial charge is 0.309 e. The summed E-state index contributed by atoms with van der Waals surface area (Å²) in [6.45, 7) is 1.06. The molecule has 1 atom stereocenters. The van der Waals surface area contributed by atoms with E-state index < -0.39 is 0 Å². The van der Waals surface area contributed by atoms with Gasteiger partial charge in [-0.25, -0.2) is 4.98 Å². The maximum Gasteiger partial charge on any atom is 0.0995 e. The van der Waals surface area contributed by atoms with Gasteiger partial charge in [-0.05, 0) is 53.5 Å². The molecule has 1 fully saturated rings. The molecule has 1 N–H and O–H groups in total. The zero-order valence-electron chi connectivity index (χ0n) is 11.0. The van der Waals surface area contributed by atoms with E-state index in [9.17, 15) is 0 Å². The lowest BCUT2D eigenvalue weighted by Crippen LogP contribution is -2.28. The molecule has 0 radical (unpaired) electrons. The Balaban J connectivity index is 1.99. The maximum atomic E-state index is 8.94. The van der Waals surface area contributed by atoms with Crippen molar-refractivity contribution >= 4 is 15.9 Å². The first kappa shape index (κ1) is 13.3. The summed E-state index contributed by atoms with van der Waals surface area (Å²) < 4.78 is 3.00. The molecule has 20 heavy (non-hydrogen) atoms. The summed E-state index contributed by atoms with van der Waals surface area (Å²) in [5.74, 6) is 0. The highest BCUT2D eigenvalue weighted by atomic mass is 79.9. The van der Waals surface area contributed by atoms with E-state index >= 15 is 0 Å². The molecule has 1 aromatic heterocycles. The standard InChI is InChI=1S/C15H15BrN4/c16-12-7-11(8-17)4-5-14(12)20-10-18-9-15(20)13-3-1-2-6-19-13/h4-5,7,9-10,13,19H,1-3,6H2. The second-order valence-corrected chi connectivity index (χ2v) is 5.82. The molecule has 1 saturated heterocycles. The van der Waals surface area contributed by atoms with Crippen LogP contribution in [0.2, 0.25) is 0 Å². The Morgan fingerprint density at radius 3 is 3.00 bits per heavy atom. The second-order valence-electron chi connectivity index (χ2n) is 4.97. The molecule has 1 aliphatic rings. The van der Waals surface area contributed by atoms with Crippen molar-refractivity contribution in [3.05, 3.63) is 46.5 Å². The fourth-order valence-electron chi connectivity index (χ4n) is 2.64. The van der Waals surface area contributed by atoms with Crippen LogP contribution in [0.1, 0.15) is 36.6 Å². The van der Waals surface area contributed by atoms with Crippen LogP contribution < -0.4 is 5.32 Å². The average Bonchev–Trinajstić information content (AvgIpc) is 2.97. The lowest BCUT2D eigenvalue weighted by molar-refractivity contribution is 0.402. The average molecular weight is 331 g/mol. The van der Waals surface area contributed by atoms with Crippen molar-refractivity contribution in [1.82, 2.24) is 14.9 Å². The smallest absolute Gasteiger partial charge is 0.0995 e. The van der Waals surface area contributed by atoms with Crippen LogP contribution in [-0.4, -0.2) is 16.1 Å². The first-order valence-electron chi connectivity index (χ1n) is 6.75. The zero-order chi connectivity index (χ0) is 13.9. The van der Waals surface area contributed by atoms with E-state index in [4.69, 9.17) is 5.26 Å². The van der Waals surface area contributed by atoms with Crippen molar-refractivity contribution in [3.63, 3.8) is 0 Å². The number of halogens is 1. The number of hydrogen-bond acceptors (Lipinski definition) is 3. The highest BCUT2D eigenvalue weighted by Crippen LogP contribution is 2.28. The van der Waals surface area contributed by atoms with Crippen LogP contribution in [0.5, 0.6) is 0 Å². The van der Waals surface area contributed by atoms with Crippen molar-refractivity contribution in [2.24, 2.45) is 0 Å². The van der Waals surface area contributed by atoms with Crippen LogP contribution in [-0.2, 0) is 0 Å². The van der Waals surface area contributed by atoms with Crippen molar-refractivity contribution < 1.29 is 0 Å². The number of aromatic nitrogens is 2. The van der Waals surface area contributed by atoms with Gasteiger partial charge in [-0.1, -0.05) is 6.42 Å². The lowest BCUT2D eigenvalue weighted by atomic mass is 10.0. The van der Waals surface area contributed by atoms with Gasteiger partial charge in [0.2, 0.25) is 0 Å². The van der Waals surface area contributed by atoms with E-state index in [1.807, 2.05) is 30.7 Å². The van der Waals surface area contributed by atoms with Crippen LogP contribution in [0.15, 0.2) is 35.2 Å². The monoisotopic (exact) mass is 330 g/mol. The molecule has 5 heteroatoms. The molecule has 2 heterocycles. The number of rotatable bonds is 2. The third-order valence-corrected chi connectivity index (χ3v) is 4.31. The van der Waals surface area contributed by atoms with E-state index in [1.165, 1.54) is 18.5 Å². The summed E-state index contributed by atoms with van der Waals surface area (Å²) >= 11 is 3.55. The fourth-order valence-corrected chi connectivity index (χ4v) is 3.21. The van der Waals surface area contributed by atoms with Crippen molar-refractivity contribution in [2.45, 2.75) is 25.3 Å². The minimum Gasteiger partial charge on any atom is -0.309 e. The van der Waals surface area contributed by atoms with Gasteiger partial charge in [0.1, 0.15) is 0 Å². The molecule has 1 unspecified atom stereocenters. The topological polar surface area (TPSA) is 53.6 Å². The molecule has 2 aromatic rings. The van der Waals surface area contributed by atoms with E-state index in [0.29, 0.717) is 11.6 Å². The number of piperidine rings is 1. The number of nitriles is 1. The molecular formula is C15H15BrN4. The summed E-state index contributed by atoms with van der Waals surface area (Å²) in [4.78, 5) is 4.29. The van der Waals surface area contributed by atoms with Crippen molar-refractivity contribution in [3.8, 4) is 11.8 Å². The van der Waals surface area contributed by atoms with Crippen molar-refractivity contribution in [2.75, 3.05) is 6.54 Å². The van der Waals surface area contributed by atoms with E-state index in [-0.39, 0.29) is 0 Å². The first-order chi connectivity index (χ1) is 9.79. The quantitative estimate of drug-likeness (QED) is 0.918. The van der Waals surface area contributed by atoms with Gasteiger partial charge in [-0.3, -0.25) is 0 Å². The zero-order valence-corrected chi connectivity index (χ0v) is 12.6. The molecule has 0 aliphatic carbocycles. The molecule has 0 bridgehead atoms. The van der Waals surface area contributed by atoms with Gasteiger partial charge in [-0.2, -0.15) is 5.26 Å². The van der Waals surface area contributed by atoms with Crippen LogP contribution in [0.4, 0.5) is 0 Å². The van der Waals surface area contributed by atoms with Crippen LogP contribution >= 0.6 is 15.9 Å². The Morgan fingerprint density at radius 2 is 2.30 bits per heavy atom. The summed E-state index contributed by atoms with van der Waals surface area (Å²) in [6, 6.07) is 8.13. The molecular weight excluding hydrogens is 316 g/mol. The number of benzene rings is 1. The molecule has 0 amide bonds. The molecule has 3 rings (SSSR count). The summed E-state index contributed by atoms with van der Waals surface area (Å²) in [6.07, 6.45) is 7.38. The van der Waals surface area contributed by atoms with Gasteiger partial charge < -0.3 is 9.88 Å². The first-order valence-corrected chi connectivity index (χ1v) is 7.54. The van der Waals surface area contributed by atoms with E-state index in [2.05, 4.69) is 36.9 Å². The SMILES string of the molecule is N#Cc1ccc(-n2cncc2C2CCCCN2)c(Br)c1. The lowest BCUT2D eigenvalue weighted by Gasteiger charge is -2.24. The predicted molar refractivity (Wildman–Crippen MR) is 80.6 cm³/mol.